The third kappa shape index (κ3) is 2.14. The average Bonchev–Trinajstić information content (AvgIpc) is 2.69. The van der Waals surface area contributed by atoms with Crippen molar-refractivity contribution in [3.05, 3.63) is 17.6 Å². The summed E-state index contributed by atoms with van der Waals surface area (Å²) < 4.78 is 0. The van der Waals surface area contributed by atoms with E-state index in [1.165, 1.54) is 19.8 Å². The van der Waals surface area contributed by atoms with E-state index in [0.29, 0.717) is 11.5 Å². The number of carbonyl (C=O) groups excluding carboxylic acids is 1. The number of carbonyl (C=O) groups is 1. The van der Waals surface area contributed by atoms with E-state index in [4.69, 9.17) is 0 Å². The molecule has 2 rings (SSSR count). The summed E-state index contributed by atoms with van der Waals surface area (Å²) >= 11 is 0. The number of anilines is 1. The molecule has 1 fully saturated rings. The first-order chi connectivity index (χ1) is 7.16. The molecule has 1 aromatic rings. The van der Waals surface area contributed by atoms with Crippen LogP contribution in [-0.4, -0.2) is 28.8 Å². The topological polar surface area (TPSA) is 46.1 Å². The van der Waals surface area contributed by atoms with Gasteiger partial charge in [0.05, 0.1) is 0 Å². The number of hydrogen-bond donors (Lipinski definition) is 0. The fourth-order valence-corrected chi connectivity index (χ4v) is 1.84. The fraction of sp³-hybridized carbons (Fsp3) is 0.545. The Balaban J connectivity index is 2.34. The van der Waals surface area contributed by atoms with Crippen LogP contribution in [0.5, 0.6) is 0 Å². The van der Waals surface area contributed by atoms with Crippen LogP contribution in [0.15, 0.2) is 6.07 Å². The van der Waals surface area contributed by atoms with Crippen LogP contribution in [0.2, 0.25) is 0 Å². The van der Waals surface area contributed by atoms with Gasteiger partial charge in [0, 0.05) is 26.1 Å². The molecule has 4 heteroatoms. The van der Waals surface area contributed by atoms with Crippen molar-refractivity contribution < 1.29 is 4.79 Å². The Hall–Kier alpha value is -1.45. The average molecular weight is 205 g/mol. The van der Waals surface area contributed by atoms with Crippen molar-refractivity contribution in [2.45, 2.75) is 26.7 Å². The van der Waals surface area contributed by atoms with E-state index >= 15 is 0 Å². The molecule has 0 bridgehead atoms. The van der Waals surface area contributed by atoms with Gasteiger partial charge in [-0.2, -0.15) is 0 Å². The van der Waals surface area contributed by atoms with Gasteiger partial charge in [-0.15, -0.1) is 0 Å². The van der Waals surface area contributed by atoms with Crippen molar-refractivity contribution in [2.75, 3.05) is 18.0 Å². The molecule has 1 aromatic heterocycles. The highest BCUT2D eigenvalue weighted by Gasteiger charge is 2.15. The zero-order valence-electron chi connectivity index (χ0n) is 9.16. The maximum absolute atomic E-state index is 11.3. The smallest absolute Gasteiger partial charge is 0.178 e. The predicted octanol–water partition coefficient (Wildman–Crippen LogP) is 1.59. The Morgan fingerprint density at radius 2 is 2.00 bits per heavy atom. The molecular weight excluding hydrogens is 190 g/mol. The maximum Gasteiger partial charge on any atom is 0.178 e. The van der Waals surface area contributed by atoms with Gasteiger partial charge in [0.2, 0.25) is 0 Å². The molecule has 15 heavy (non-hydrogen) atoms. The second kappa shape index (κ2) is 3.96. The zero-order valence-corrected chi connectivity index (χ0v) is 9.16. The summed E-state index contributed by atoms with van der Waals surface area (Å²) in [5, 5.41) is 0. The molecule has 0 spiro atoms. The summed E-state index contributed by atoms with van der Waals surface area (Å²) in [4.78, 5) is 21.9. The van der Waals surface area contributed by atoms with Crippen molar-refractivity contribution in [1.29, 1.82) is 0 Å². The van der Waals surface area contributed by atoms with E-state index in [2.05, 4.69) is 14.9 Å². The number of nitrogens with zero attached hydrogens (tertiary/aromatic N) is 3. The molecule has 1 aliphatic heterocycles. The first-order valence-corrected chi connectivity index (χ1v) is 5.28. The Labute approximate surface area is 89.3 Å². The number of hydrogen-bond acceptors (Lipinski definition) is 4. The van der Waals surface area contributed by atoms with Crippen molar-refractivity contribution >= 4 is 11.6 Å². The van der Waals surface area contributed by atoms with Crippen LogP contribution in [0.3, 0.4) is 0 Å². The highest BCUT2D eigenvalue weighted by Crippen LogP contribution is 2.18. The molecular formula is C11H15N3O. The molecule has 0 unspecified atom stereocenters. The van der Waals surface area contributed by atoms with Crippen molar-refractivity contribution in [3.8, 4) is 0 Å². The second-order valence-electron chi connectivity index (χ2n) is 3.91. The SMILES string of the molecule is CC(=O)c1cc(N2CCCC2)nc(C)n1. The molecule has 0 aromatic carbocycles. The molecule has 0 radical (unpaired) electrons. The molecule has 1 aliphatic rings. The Morgan fingerprint density at radius 1 is 1.33 bits per heavy atom. The quantitative estimate of drug-likeness (QED) is 0.688. The summed E-state index contributed by atoms with van der Waals surface area (Å²) in [6.07, 6.45) is 2.41. The van der Waals surface area contributed by atoms with Crippen molar-refractivity contribution in [1.82, 2.24) is 9.97 Å². The lowest BCUT2D eigenvalue weighted by Crippen LogP contribution is -2.20. The van der Waals surface area contributed by atoms with Gasteiger partial charge in [0.1, 0.15) is 17.3 Å². The van der Waals surface area contributed by atoms with Gasteiger partial charge in [0.25, 0.3) is 0 Å². The van der Waals surface area contributed by atoms with Gasteiger partial charge in [-0.05, 0) is 19.8 Å². The van der Waals surface area contributed by atoms with Gasteiger partial charge in [0.15, 0.2) is 5.78 Å². The number of aromatic nitrogens is 2. The predicted molar refractivity (Wildman–Crippen MR) is 58.2 cm³/mol. The minimum atomic E-state index is 0.000877. The molecule has 2 heterocycles. The van der Waals surface area contributed by atoms with Gasteiger partial charge in [-0.1, -0.05) is 0 Å². The molecule has 80 valence electrons. The van der Waals surface area contributed by atoms with E-state index in [1.54, 1.807) is 6.07 Å². The molecule has 0 atom stereocenters. The van der Waals surface area contributed by atoms with Crippen LogP contribution in [0.25, 0.3) is 0 Å². The monoisotopic (exact) mass is 205 g/mol. The van der Waals surface area contributed by atoms with Crippen LogP contribution in [0.1, 0.15) is 36.1 Å². The fourth-order valence-electron chi connectivity index (χ4n) is 1.84. The summed E-state index contributed by atoms with van der Waals surface area (Å²) in [5.74, 6) is 1.57. The molecule has 0 saturated carbocycles. The number of Topliss-reactive ketones (excluding diaryl/α,β-unsaturated/α-hetero) is 1. The van der Waals surface area contributed by atoms with Crippen LogP contribution >= 0.6 is 0 Å². The van der Waals surface area contributed by atoms with Gasteiger partial charge in [-0.3, -0.25) is 4.79 Å². The minimum absolute atomic E-state index is 0.000877. The van der Waals surface area contributed by atoms with Crippen molar-refractivity contribution in [2.24, 2.45) is 0 Å². The number of aryl methyl sites for hydroxylation is 1. The Kier molecular flexibility index (Phi) is 2.66. The van der Waals surface area contributed by atoms with E-state index in [0.717, 1.165) is 18.9 Å². The van der Waals surface area contributed by atoms with Gasteiger partial charge < -0.3 is 4.90 Å². The molecule has 0 amide bonds. The lowest BCUT2D eigenvalue weighted by Gasteiger charge is -2.16. The number of ketones is 1. The molecule has 0 N–H and O–H groups in total. The third-order valence-corrected chi connectivity index (χ3v) is 2.62. The Bertz CT molecular complexity index is 383. The summed E-state index contributed by atoms with van der Waals surface area (Å²) in [6.45, 7) is 5.43. The highest BCUT2D eigenvalue weighted by atomic mass is 16.1. The molecule has 1 saturated heterocycles. The Morgan fingerprint density at radius 3 is 2.60 bits per heavy atom. The first kappa shape index (κ1) is 10.1. The van der Waals surface area contributed by atoms with Crippen molar-refractivity contribution in [3.63, 3.8) is 0 Å². The summed E-state index contributed by atoms with van der Waals surface area (Å²) in [5.41, 5.74) is 0.518. The lowest BCUT2D eigenvalue weighted by atomic mass is 10.3. The second-order valence-corrected chi connectivity index (χ2v) is 3.91. The summed E-state index contributed by atoms with van der Waals surface area (Å²) in [6, 6.07) is 1.79. The minimum Gasteiger partial charge on any atom is -0.356 e. The van der Waals surface area contributed by atoms with Crippen LogP contribution in [-0.2, 0) is 0 Å². The highest BCUT2D eigenvalue weighted by molar-refractivity contribution is 5.92. The standard InChI is InChI=1S/C11H15N3O/c1-8(15)10-7-11(13-9(2)12-10)14-5-3-4-6-14/h7H,3-6H2,1-2H3. The van der Waals surface area contributed by atoms with Gasteiger partial charge >= 0.3 is 0 Å². The largest absolute Gasteiger partial charge is 0.356 e. The van der Waals surface area contributed by atoms with Crippen LogP contribution in [0.4, 0.5) is 5.82 Å². The van der Waals surface area contributed by atoms with Gasteiger partial charge in [-0.25, -0.2) is 9.97 Å². The molecule has 4 nitrogen and oxygen atoms in total. The zero-order chi connectivity index (χ0) is 10.8. The third-order valence-electron chi connectivity index (χ3n) is 2.62. The first-order valence-electron chi connectivity index (χ1n) is 5.28. The van der Waals surface area contributed by atoms with E-state index in [9.17, 15) is 4.79 Å². The van der Waals surface area contributed by atoms with Crippen LogP contribution in [0, 0.1) is 6.92 Å². The van der Waals surface area contributed by atoms with Crippen LogP contribution < -0.4 is 4.90 Å². The summed E-state index contributed by atoms with van der Waals surface area (Å²) in [7, 11) is 0. The van der Waals surface area contributed by atoms with E-state index in [1.807, 2.05) is 6.92 Å². The normalized spacial score (nSPS) is 15.7. The van der Waals surface area contributed by atoms with E-state index in [-0.39, 0.29) is 5.78 Å². The lowest BCUT2D eigenvalue weighted by molar-refractivity contribution is 0.101. The molecule has 0 aliphatic carbocycles. The number of rotatable bonds is 2. The van der Waals surface area contributed by atoms with E-state index < -0.39 is 0 Å². The maximum atomic E-state index is 11.3.